The number of nitrogens with zero attached hydrogens (tertiary/aromatic N) is 2. The molecule has 0 saturated heterocycles. The highest BCUT2D eigenvalue weighted by molar-refractivity contribution is 5.97. The van der Waals surface area contributed by atoms with E-state index < -0.39 is 10.9 Å². The Balaban J connectivity index is 2.38. The van der Waals surface area contributed by atoms with Crippen molar-refractivity contribution >= 4 is 17.7 Å². The predicted octanol–water partition coefficient (Wildman–Crippen LogP) is 3.63. The van der Waals surface area contributed by atoms with Gasteiger partial charge in [-0.3, -0.25) is 10.1 Å². The number of hydrogen-bond donors (Lipinski definition) is 0. The maximum Gasteiger partial charge on any atom is 0.349 e. The molecule has 1 aromatic heterocycles. The lowest BCUT2D eigenvalue weighted by atomic mass is 10.1. The maximum absolute atomic E-state index is 11.6. The van der Waals surface area contributed by atoms with Crippen molar-refractivity contribution in [1.82, 2.24) is 0 Å². The second kappa shape index (κ2) is 7.24. The second-order valence-corrected chi connectivity index (χ2v) is 4.85. The zero-order chi connectivity index (χ0) is 17.7. The van der Waals surface area contributed by atoms with Crippen LogP contribution in [0.4, 0.5) is 5.69 Å². The van der Waals surface area contributed by atoms with Gasteiger partial charge in [-0.1, -0.05) is 6.07 Å². The molecule has 2 rings (SSSR count). The number of ether oxygens (including phenoxy) is 1. The first kappa shape index (κ1) is 17.0. The molecule has 7 nitrogen and oxygen atoms in total. The van der Waals surface area contributed by atoms with E-state index in [4.69, 9.17) is 14.4 Å². The zero-order valence-corrected chi connectivity index (χ0v) is 13.1. The molecule has 2 aromatic rings. The lowest BCUT2D eigenvalue weighted by Crippen LogP contribution is -2.05. The van der Waals surface area contributed by atoms with Gasteiger partial charge in [-0.2, -0.15) is 5.26 Å². The van der Waals surface area contributed by atoms with Crippen LogP contribution in [-0.2, 0) is 9.53 Å². The van der Waals surface area contributed by atoms with Crippen molar-refractivity contribution in [1.29, 1.82) is 5.26 Å². The van der Waals surface area contributed by atoms with Crippen molar-refractivity contribution in [2.24, 2.45) is 0 Å². The summed E-state index contributed by atoms with van der Waals surface area (Å²) in [5.74, 6) is -0.0476. The summed E-state index contributed by atoms with van der Waals surface area (Å²) < 4.78 is 10.4. The van der Waals surface area contributed by atoms with Crippen molar-refractivity contribution in [2.45, 2.75) is 13.8 Å². The number of benzene rings is 1. The van der Waals surface area contributed by atoms with E-state index in [0.717, 1.165) is 5.56 Å². The summed E-state index contributed by atoms with van der Waals surface area (Å²) in [6, 6.07) is 9.41. The monoisotopic (exact) mass is 326 g/mol. The highest BCUT2D eigenvalue weighted by Gasteiger charge is 2.14. The third-order valence-electron chi connectivity index (χ3n) is 3.23. The number of rotatable bonds is 5. The predicted molar refractivity (Wildman–Crippen MR) is 85.8 cm³/mol. The number of nitriles is 1. The molecule has 0 fully saturated rings. The number of nitro benzene ring substituents is 1. The van der Waals surface area contributed by atoms with Crippen LogP contribution in [0.25, 0.3) is 17.4 Å². The van der Waals surface area contributed by atoms with Crippen LogP contribution in [-0.4, -0.2) is 17.5 Å². The second-order valence-electron chi connectivity index (χ2n) is 4.85. The zero-order valence-electron chi connectivity index (χ0n) is 13.1. The molecule has 0 saturated carbocycles. The number of furan rings is 1. The van der Waals surface area contributed by atoms with E-state index in [1.165, 1.54) is 18.2 Å². The summed E-state index contributed by atoms with van der Waals surface area (Å²) in [5.41, 5.74) is 1.14. The van der Waals surface area contributed by atoms with Gasteiger partial charge in [0.2, 0.25) is 0 Å². The molecule has 1 aromatic carbocycles. The highest BCUT2D eigenvalue weighted by Crippen LogP contribution is 2.29. The minimum Gasteiger partial charge on any atom is -0.462 e. The Labute approximate surface area is 137 Å². The van der Waals surface area contributed by atoms with Gasteiger partial charge in [0, 0.05) is 23.8 Å². The Morgan fingerprint density at radius 2 is 2.17 bits per heavy atom. The van der Waals surface area contributed by atoms with Crippen LogP contribution in [0.1, 0.15) is 18.2 Å². The summed E-state index contributed by atoms with van der Waals surface area (Å²) in [6.07, 6.45) is 1.27. The van der Waals surface area contributed by atoms with Gasteiger partial charge in [0.05, 0.1) is 11.5 Å². The molecule has 0 bridgehead atoms. The largest absolute Gasteiger partial charge is 0.462 e. The van der Waals surface area contributed by atoms with Crippen molar-refractivity contribution < 1.29 is 18.9 Å². The minimum absolute atomic E-state index is 0.0478. The highest BCUT2D eigenvalue weighted by atomic mass is 16.6. The van der Waals surface area contributed by atoms with Crippen molar-refractivity contribution in [3.63, 3.8) is 0 Å². The molecule has 0 unspecified atom stereocenters. The van der Waals surface area contributed by atoms with Crippen LogP contribution < -0.4 is 0 Å². The fourth-order valence-electron chi connectivity index (χ4n) is 2.05. The van der Waals surface area contributed by atoms with Crippen molar-refractivity contribution in [3.8, 4) is 17.4 Å². The fourth-order valence-corrected chi connectivity index (χ4v) is 2.05. The minimum atomic E-state index is -0.732. The van der Waals surface area contributed by atoms with Gasteiger partial charge in [0.25, 0.3) is 5.69 Å². The smallest absolute Gasteiger partial charge is 0.349 e. The number of esters is 1. The van der Waals surface area contributed by atoms with Gasteiger partial charge in [-0.25, -0.2) is 4.79 Å². The van der Waals surface area contributed by atoms with E-state index in [0.29, 0.717) is 11.3 Å². The van der Waals surface area contributed by atoms with E-state index in [1.54, 1.807) is 38.1 Å². The Kier molecular flexibility index (Phi) is 5.12. The van der Waals surface area contributed by atoms with E-state index in [2.05, 4.69) is 0 Å². The van der Waals surface area contributed by atoms with Gasteiger partial charge in [0.1, 0.15) is 23.2 Å². The van der Waals surface area contributed by atoms with Crippen LogP contribution in [0, 0.1) is 28.4 Å². The van der Waals surface area contributed by atoms with Crippen LogP contribution >= 0.6 is 0 Å². The Morgan fingerprint density at radius 3 is 2.79 bits per heavy atom. The molecular formula is C17H14N2O5. The maximum atomic E-state index is 11.6. The molecule has 0 spiro atoms. The molecule has 1 heterocycles. The van der Waals surface area contributed by atoms with Crippen molar-refractivity contribution in [3.05, 3.63) is 57.3 Å². The third-order valence-corrected chi connectivity index (χ3v) is 3.23. The topological polar surface area (TPSA) is 106 Å². The number of non-ortho nitro benzene ring substituents is 1. The average Bonchev–Trinajstić information content (AvgIpc) is 3.01. The van der Waals surface area contributed by atoms with E-state index in [-0.39, 0.29) is 23.6 Å². The van der Waals surface area contributed by atoms with Crippen LogP contribution in [0.15, 0.2) is 40.3 Å². The van der Waals surface area contributed by atoms with Gasteiger partial charge < -0.3 is 9.15 Å². The SMILES string of the molecule is CCOC(=O)/C(C#N)=C/c1ccc(-c2cc([N+](=O)[O-])ccc2C)o1. The summed E-state index contributed by atoms with van der Waals surface area (Å²) >= 11 is 0. The van der Waals surface area contributed by atoms with E-state index in [1.807, 2.05) is 0 Å². The number of hydrogen-bond acceptors (Lipinski definition) is 6. The summed E-state index contributed by atoms with van der Waals surface area (Å²) in [7, 11) is 0. The molecule has 24 heavy (non-hydrogen) atoms. The van der Waals surface area contributed by atoms with Gasteiger partial charge in [-0.05, 0) is 31.5 Å². The molecular weight excluding hydrogens is 312 g/mol. The standard InChI is InChI=1S/C17H14N2O5/c1-3-23-17(20)12(10-18)8-14-6-7-16(24-14)15-9-13(19(21)22)5-4-11(15)2/h4-9H,3H2,1-2H3/b12-8+. The Hall–Kier alpha value is -3.40. The third kappa shape index (κ3) is 3.67. The molecule has 0 atom stereocenters. The quantitative estimate of drug-likeness (QED) is 0.273. The molecule has 0 radical (unpaired) electrons. The summed E-state index contributed by atoms with van der Waals surface area (Å²) in [6.45, 7) is 3.60. The number of carbonyl (C=O) groups excluding carboxylic acids is 1. The lowest BCUT2D eigenvalue weighted by molar-refractivity contribution is -0.384. The van der Waals surface area contributed by atoms with Crippen LogP contribution in [0.3, 0.4) is 0 Å². The molecule has 0 aliphatic rings. The first-order chi connectivity index (χ1) is 11.5. The first-order valence-electron chi connectivity index (χ1n) is 7.10. The molecule has 122 valence electrons. The number of carbonyl (C=O) groups is 1. The fraction of sp³-hybridized carbons (Fsp3) is 0.176. The summed E-state index contributed by atoms with van der Waals surface area (Å²) in [4.78, 5) is 22.0. The lowest BCUT2D eigenvalue weighted by Gasteiger charge is -2.02. The molecule has 7 heteroatoms. The molecule has 0 aliphatic carbocycles. The van der Waals surface area contributed by atoms with Crippen LogP contribution in [0.2, 0.25) is 0 Å². The Morgan fingerprint density at radius 1 is 1.42 bits per heavy atom. The molecule has 0 amide bonds. The van der Waals surface area contributed by atoms with Gasteiger partial charge in [-0.15, -0.1) is 0 Å². The average molecular weight is 326 g/mol. The molecule has 0 aliphatic heterocycles. The normalized spacial score (nSPS) is 11.0. The Bertz CT molecular complexity index is 858. The van der Waals surface area contributed by atoms with Crippen LogP contribution in [0.5, 0.6) is 0 Å². The summed E-state index contributed by atoms with van der Waals surface area (Å²) in [5, 5.41) is 19.9. The first-order valence-corrected chi connectivity index (χ1v) is 7.10. The van der Waals surface area contributed by atoms with E-state index in [9.17, 15) is 14.9 Å². The van der Waals surface area contributed by atoms with Gasteiger partial charge >= 0.3 is 5.97 Å². The number of nitro groups is 1. The van der Waals surface area contributed by atoms with Gasteiger partial charge in [0.15, 0.2) is 0 Å². The van der Waals surface area contributed by atoms with Crippen molar-refractivity contribution in [2.75, 3.05) is 6.61 Å². The number of aryl methyl sites for hydroxylation is 1. The van der Waals surface area contributed by atoms with E-state index >= 15 is 0 Å². The molecule has 0 N–H and O–H groups in total.